The zero-order chi connectivity index (χ0) is 26.6. The second-order valence-electron chi connectivity index (χ2n) is 8.68. The quantitative estimate of drug-likeness (QED) is 0.505. The van der Waals surface area contributed by atoms with E-state index < -0.39 is 23.5 Å². The van der Waals surface area contributed by atoms with Crippen LogP contribution in [-0.2, 0) is 10.9 Å². The van der Waals surface area contributed by atoms with Crippen LogP contribution in [0.5, 0.6) is 0 Å². The molecule has 4 rings (SSSR count). The predicted octanol–water partition coefficient (Wildman–Crippen LogP) is 5.06. The topological polar surface area (TPSA) is 101 Å². The van der Waals surface area contributed by atoms with Crippen LogP contribution < -0.4 is 10.2 Å². The Morgan fingerprint density at radius 2 is 1.81 bits per heavy atom. The van der Waals surface area contributed by atoms with Gasteiger partial charge >= 0.3 is 12.3 Å². The average molecular weight is 518 g/mol. The summed E-state index contributed by atoms with van der Waals surface area (Å²) in [6, 6.07) is 11.2. The van der Waals surface area contributed by atoms with Gasteiger partial charge in [0.05, 0.1) is 18.0 Å². The maximum absolute atomic E-state index is 13.5. The number of hydrogen-bond acceptors (Lipinski definition) is 7. The molecule has 1 aliphatic rings. The summed E-state index contributed by atoms with van der Waals surface area (Å²) in [5, 5.41) is 2.41. The molecule has 37 heavy (non-hydrogen) atoms. The number of nitrogens with one attached hydrogen (secondary N) is 1. The summed E-state index contributed by atoms with van der Waals surface area (Å²) in [5.41, 5.74) is -0.356. The van der Waals surface area contributed by atoms with E-state index in [9.17, 15) is 22.8 Å². The third-order valence-corrected chi connectivity index (χ3v) is 5.54. The summed E-state index contributed by atoms with van der Waals surface area (Å²) in [7, 11) is 0. The number of alkyl halides is 3. The van der Waals surface area contributed by atoms with Crippen LogP contribution in [0.4, 0.5) is 29.5 Å². The van der Waals surface area contributed by atoms with Gasteiger partial charge in [-0.1, -0.05) is 18.2 Å². The van der Waals surface area contributed by atoms with E-state index in [1.807, 2.05) is 4.90 Å². The highest BCUT2D eigenvalue weighted by Crippen LogP contribution is 2.35. The molecule has 1 fully saturated rings. The predicted molar refractivity (Wildman–Crippen MR) is 129 cm³/mol. The number of carbonyl (C=O) groups is 2. The van der Waals surface area contributed by atoms with Gasteiger partial charge in [-0.25, -0.2) is 14.8 Å². The first-order valence-electron chi connectivity index (χ1n) is 11.7. The molecule has 1 N–H and O–H groups in total. The number of rotatable bonds is 5. The molecule has 9 nitrogen and oxygen atoms in total. The number of aromatic nitrogens is 2. The van der Waals surface area contributed by atoms with E-state index in [4.69, 9.17) is 9.15 Å². The molecule has 1 aromatic carbocycles. The van der Waals surface area contributed by atoms with Crippen LogP contribution in [-0.4, -0.2) is 59.2 Å². The molecule has 0 radical (unpaired) electrons. The standard InChI is InChI=1S/C25H26F3N5O4/c1-16(2)36-24(35)33-12-6-11-32(13-14-33)19-10-9-18(15-29-19)30-22(34)20-21(25(26,27)28)37-23(31-20)17-7-4-3-5-8-17/h3-5,7-10,15-16H,6,11-14H2,1-2H3,(H,30,34). The third-order valence-electron chi connectivity index (χ3n) is 5.54. The molecule has 2 aromatic heterocycles. The van der Waals surface area contributed by atoms with Gasteiger partial charge in [-0.3, -0.25) is 4.79 Å². The number of anilines is 2. The van der Waals surface area contributed by atoms with Crippen LogP contribution in [0.1, 0.15) is 36.5 Å². The monoisotopic (exact) mass is 517 g/mol. The molecule has 0 aliphatic carbocycles. The van der Waals surface area contributed by atoms with E-state index in [0.29, 0.717) is 44.0 Å². The molecule has 3 aromatic rings. The summed E-state index contributed by atoms with van der Waals surface area (Å²) in [4.78, 5) is 36.7. The van der Waals surface area contributed by atoms with Gasteiger partial charge in [0.2, 0.25) is 11.7 Å². The SMILES string of the molecule is CC(C)OC(=O)N1CCCN(c2ccc(NC(=O)c3nc(-c4ccccc4)oc3C(F)(F)F)cn2)CC1. The Hall–Kier alpha value is -4.09. The van der Waals surface area contributed by atoms with Crippen LogP contribution >= 0.6 is 0 Å². The molecule has 0 saturated carbocycles. The number of pyridine rings is 1. The Morgan fingerprint density at radius 1 is 1.05 bits per heavy atom. The highest BCUT2D eigenvalue weighted by atomic mass is 19.4. The molecule has 2 amide bonds. The molecular formula is C25H26F3N5O4. The lowest BCUT2D eigenvalue weighted by Gasteiger charge is -2.23. The van der Waals surface area contributed by atoms with Crippen molar-refractivity contribution >= 4 is 23.5 Å². The van der Waals surface area contributed by atoms with Crippen molar-refractivity contribution in [3.05, 3.63) is 60.1 Å². The van der Waals surface area contributed by atoms with Crippen molar-refractivity contribution in [3.63, 3.8) is 0 Å². The van der Waals surface area contributed by atoms with Crippen molar-refractivity contribution in [2.24, 2.45) is 0 Å². The van der Waals surface area contributed by atoms with Gasteiger partial charge in [-0.05, 0) is 44.5 Å². The Morgan fingerprint density at radius 3 is 2.46 bits per heavy atom. The zero-order valence-corrected chi connectivity index (χ0v) is 20.3. The number of carbonyl (C=O) groups excluding carboxylic acids is 2. The van der Waals surface area contributed by atoms with Gasteiger partial charge in [-0.2, -0.15) is 13.2 Å². The lowest BCUT2D eigenvalue weighted by atomic mass is 10.2. The van der Waals surface area contributed by atoms with Gasteiger partial charge in [0.1, 0.15) is 5.82 Å². The van der Waals surface area contributed by atoms with E-state index in [0.717, 1.165) is 0 Å². The summed E-state index contributed by atoms with van der Waals surface area (Å²) < 4.78 is 50.8. The molecular weight excluding hydrogens is 491 g/mol. The van der Waals surface area contributed by atoms with Crippen molar-refractivity contribution in [1.82, 2.24) is 14.9 Å². The minimum atomic E-state index is -4.91. The van der Waals surface area contributed by atoms with Crippen molar-refractivity contribution in [2.75, 3.05) is 36.4 Å². The zero-order valence-electron chi connectivity index (χ0n) is 20.3. The van der Waals surface area contributed by atoms with Gasteiger partial charge in [-0.15, -0.1) is 0 Å². The largest absolute Gasteiger partial charge is 0.452 e. The molecule has 1 aliphatic heterocycles. The highest BCUT2D eigenvalue weighted by molar-refractivity contribution is 6.04. The van der Waals surface area contributed by atoms with Crippen LogP contribution in [0.3, 0.4) is 0 Å². The Kier molecular flexibility index (Phi) is 7.65. The van der Waals surface area contributed by atoms with Gasteiger partial charge < -0.3 is 24.3 Å². The van der Waals surface area contributed by atoms with E-state index in [1.54, 1.807) is 49.1 Å². The van der Waals surface area contributed by atoms with E-state index in [-0.39, 0.29) is 23.8 Å². The average Bonchev–Trinajstić information content (AvgIpc) is 3.18. The minimum Gasteiger partial charge on any atom is -0.447 e. The first-order valence-corrected chi connectivity index (χ1v) is 11.7. The smallest absolute Gasteiger partial charge is 0.447 e. The number of nitrogens with zero attached hydrogens (tertiary/aromatic N) is 4. The summed E-state index contributed by atoms with van der Waals surface area (Å²) in [5.74, 6) is -2.24. The lowest BCUT2D eigenvalue weighted by Crippen LogP contribution is -2.36. The third kappa shape index (κ3) is 6.38. The number of halogens is 3. The summed E-state index contributed by atoms with van der Waals surface area (Å²) in [6.45, 7) is 5.78. The first kappa shape index (κ1) is 26.0. The Bertz CT molecular complexity index is 1230. The van der Waals surface area contributed by atoms with Gasteiger partial charge in [0, 0.05) is 31.7 Å². The van der Waals surface area contributed by atoms with Crippen LogP contribution in [0.15, 0.2) is 53.1 Å². The van der Waals surface area contributed by atoms with Crippen molar-refractivity contribution in [3.8, 4) is 11.5 Å². The second kappa shape index (κ2) is 10.9. The van der Waals surface area contributed by atoms with Crippen LogP contribution in [0.2, 0.25) is 0 Å². The molecule has 0 spiro atoms. The number of hydrogen-bond donors (Lipinski definition) is 1. The Labute approximate surface area is 211 Å². The van der Waals surface area contributed by atoms with E-state index >= 15 is 0 Å². The second-order valence-corrected chi connectivity index (χ2v) is 8.68. The van der Waals surface area contributed by atoms with Crippen molar-refractivity contribution < 1.29 is 31.9 Å². The molecule has 12 heteroatoms. The number of ether oxygens (including phenoxy) is 1. The van der Waals surface area contributed by atoms with Crippen molar-refractivity contribution in [1.29, 1.82) is 0 Å². The molecule has 196 valence electrons. The Balaban J connectivity index is 1.44. The fourth-order valence-electron chi connectivity index (χ4n) is 3.81. The maximum Gasteiger partial charge on any atom is 0.452 e. The minimum absolute atomic E-state index is 0.197. The van der Waals surface area contributed by atoms with E-state index in [2.05, 4.69) is 15.3 Å². The fraction of sp³-hybridized carbons (Fsp3) is 0.360. The van der Waals surface area contributed by atoms with Crippen LogP contribution in [0, 0.1) is 0 Å². The van der Waals surface area contributed by atoms with Crippen molar-refractivity contribution in [2.45, 2.75) is 32.5 Å². The molecule has 0 unspecified atom stereocenters. The summed E-state index contributed by atoms with van der Waals surface area (Å²) >= 11 is 0. The lowest BCUT2D eigenvalue weighted by molar-refractivity contribution is -0.153. The van der Waals surface area contributed by atoms with E-state index in [1.165, 1.54) is 18.3 Å². The van der Waals surface area contributed by atoms with Crippen LogP contribution in [0.25, 0.3) is 11.5 Å². The normalized spacial score (nSPS) is 14.4. The number of amides is 2. The molecule has 1 saturated heterocycles. The molecule has 0 bridgehead atoms. The van der Waals surface area contributed by atoms with Gasteiger partial charge in [0.15, 0.2) is 5.69 Å². The maximum atomic E-state index is 13.5. The fourth-order valence-corrected chi connectivity index (χ4v) is 3.81. The number of oxazole rings is 1. The highest BCUT2D eigenvalue weighted by Gasteiger charge is 2.42. The van der Waals surface area contributed by atoms with Gasteiger partial charge in [0.25, 0.3) is 5.91 Å². The molecule has 3 heterocycles. The first-order chi connectivity index (χ1) is 17.6. The molecule has 0 atom stereocenters. The summed E-state index contributed by atoms with van der Waals surface area (Å²) in [6.07, 6.45) is -3.40. The number of benzene rings is 1.